The molecule has 1 N–H and O–H groups in total. The Balaban J connectivity index is 1.48. The molecular formula is C17H22N4OS2. The number of aromatic nitrogens is 2. The van der Waals surface area contributed by atoms with Crippen LogP contribution < -0.4 is 5.32 Å². The fourth-order valence-electron chi connectivity index (χ4n) is 2.68. The number of hydrogen-bond donors (Lipinski definition) is 1. The van der Waals surface area contributed by atoms with Crippen LogP contribution in [-0.4, -0.2) is 39.8 Å². The van der Waals surface area contributed by atoms with Gasteiger partial charge in [0.2, 0.25) is 11.0 Å². The van der Waals surface area contributed by atoms with Crippen molar-refractivity contribution in [1.82, 2.24) is 15.1 Å². The summed E-state index contributed by atoms with van der Waals surface area (Å²) in [5.74, 6) is 0.662. The molecule has 3 rings (SSSR count). The molecular weight excluding hydrogens is 340 g/mol. The van der Waals surface area contributed by atoms with E-state index in [1.807, 2.05) is 35.2 Å². The minimum absolute atomic E-state index is 0.217. The predicted octanol–water partition coefficient (Wildman–Crippen LogP) is 4.17. The maximum absolute atomic E-state index is 12.4. The van der Waals surface area contributed by atoms with Gasteiger partial charge in [-0.15, -0.1) is 10.2 Å². The van der Waals surface area contributed by atoms with E-state index in [0.29, 0.717) is 5.75 Å². The van der Waals surface area contributed by atoms with Crippen LogP contribution in [0.5, 0.6) is 0 Å². The van der Waals surface area contributed by atoms with Crippen molar-refractivity contribution in [3.05, 3.63) is 30.3 Å². The lowest BCUT2D eigenvalue weighted by atomic mass is 10.1. The summed E-state index contributed by atoms with van der Waals surface area (Å²) in [6.07, 6.45) is 6.03. The summed E-state index contributed by atoms with van der Waals surface area (Å²) in [7, 11) is 0. The molecule has 1 fully saturated rings. The first-order chi connectivity index (χ1) is 11.8. The summed E-state index contributed by atoms with van der Waals surface area (Å²) in [5, 5.41) is 12.3. The Morgan fingerprint density at radius 2 is 1.79 bits per heavy atom. The Morgan fingerprint density at radius 1 is 1.08 bits per heavy atom. The zero-order valence-electron chi connectivity index (χ0n) is 13.6. The molecule has 5 nitrogen and oxygen atoms in total. The third-order valence-corrected chi connectivity index (χ3v) is 5.92. The second-order valence-corrected chi connectivity index (χ2v) is 8.00. The molecule has 0 unspecified atom stereocenters. The molecule has 0 atom stereocenters. The molecule has 1 aliphatic heterocycles. The number of carbonyl (C=O) groups excluding carboxylic acids is 1. The Morgan fingerprint density at radius 3 is 2.54 bits per heavy atom. The van der Waals surface area contributed by atoms with Crippen LogP contribution in [0.1, 0.15) is 32.1 Å². The Kier molecular flexibility index (Phi) is 6.48. The van der Waals surface area contributed by atoms with Gasteiger partial charge in [0.1, 0.15) is 0 Å². The van der Waals surface area contributed by atoms with Crippen LogP contribution in [0.4, 0.5) is 10.8 Å². The van der Waals surface area contributed by atoms with Crippen molar-refractivity contribution >= 4 is 39.8 Å². The number of thioether (sulfide) groups is 1. The Hall–Kier alpha value is -1.60. The molecule has 0 saturated carbocycles. The smallest absolute Gasteiger partial charge is 0.233 e. The third kappa shape index (κ3) is 5.21. The summed E-state index contributed by atoms with van der Waals surface area (Å²) in [5.41, 5.74) is 0.988. The highest BCUT2D eigenvalue weighted by Crippen LogP contribution is 2.27. The Labute approximate surface area is 150 Å². The molecule has 24 heavy (non-hydrogen) atoms. The normalized spacial score (nSPS) is 15.6. The van der Waals surface area contributed by atoms with Crippen LogP contribution in [0.25, 0.3) is 0 Å². The number of rotatable bonds is 5. The lowest BCUT2D eigenvalue weighted by Gasteiger charge is -2.24. The molecule has 1 aromatic carbocycles. The lowest BCUT2D eigenvalue weighted by molar-refractivity contribution is -0.128. The van der Waals surface area contributed by atoms with Crippen molar-refractivity contribution < 1.29 is 4.79 Å². The second-order valence-electron chi connectivity index (χ2n) is 5.80. The first kappa shape index (κ1) is 17.2. The summed E-state index contributed by atoms with van der Waals surface area (Å²) < 4.78 is 0.828. The van der Waals surface area contributed by atoms with E-state index in [-0.39, 0.29) is 5.91 Å². The van der Waals surface area contributed by atoms with Crippen molar-refractivity contribution in [2.24, 2.45) is 0 Å². The number of para-hydroxylation sites is 1. The van der Waals surface area contributed by atoms with Gasteiger partial charge in [0.25, 0.3) is 0 Å². The quantitative estimate of drug-likeness (QED) is 0.809. The van der Waals surface area contributed by atoms with Crippen molar-refractivity contribution in [3.8, 4) is 0 Å². The maximum atomic E-state index is 12.4. The van der Waals surface area contributed by atoms with Gasteiger partial charge in [0.05, 0.1) is 5.75 Å². The van der Waals surface area contributed by atoms with Gasteiger partial charge in [-0.3, -0.25) is 4.79 Å². The zero-order chi connectivity index (χ0) is 16.6. The highest BCUT2D eigenvalue weighted by atomic mass is 32.2. The highest BCUT2D eigenvalue weighted by molar-refractivity contribution is 8.01. The summed E-state index contributed by atoms with van der Waals surface area (Å²) in [6, 6.07) is 9.89. The van der Waals surface area contributed by atoms with Crippen molar-refractivity contribution in [3.63, 3.8) is 0 Å². The minimum atomic E-state index is 0.217. The number of hydrogen-bond acceptors (Lipinski definition) is 6. The minimum Gasteiger partial charge on any atom is -0.342 e. The molecule has 0 spiro atoms. The predicted molar refractivity (Wildman–Crippen MR) is 100 cm³/mol. The molecule has 2 aromatic rings. The van der Waals surface area contributed by atoms with Gasteiger partial charge in [0.15, 0.2) is 4.34 Å². The van der Waals surface area contributed by atoms with Crippen LogP contribution in [0, 0.1) is 0 Å². The van der Waals surface area contributed by atoms with E-state index < -0.39 is 0 Å². The van der Waals surface area contributed by atoms with Gasteiger partial charge < -0.3 is 10.2 Å². The van der Waals surface area contributed by atoms with E-state index in [9.17, 15) is 4.79 Å². The number of benzene rings is 1. The highest BCUT2D eigenvalue weighted by Gasteiger charge is 2.16. The maximum Gasteiger partial charge on any atom is 0.233 e. The molecule has 1 aliphatic rings. The molecule has 1 saturated heterocycles. The summed E-state index contributed by atoms with van der Waals surface area (Å²) in [4.78, 5) is 14.4. The molecule has 1 aromatic heterocycles. The fourth-order valence-corrected chi connectivity index (χ4v) is 4.35. The van der Waals surface area contributed by atoms with E-state index in [4.69, 9.17) is 0 Å². The number of carbonyl (C=O) groups is 1. The first-order valence-electron chi connectivity index (χ1n) is 8.37. The third-order valence-electron chi connectivity index (χ3n) is 3.96. The monoisotopic (exact) mass is 362 g/mol. The van der Waals surface area contributed by atoms with Crippen LogP contribution in [0.2, 0.25) is 0 Å². The Bertz CT molecular complexity index is 639. The lowest BCUT2D eigenvalue weighted by Crippen LogP contribution is -2.35. The molecule has 1 amide bonds. The van der Waals surface area contributed by atoms with Crippen molar-refractivity contribution in [2.75, 3.05) is 24.2 Å². The molecule has 0 bridgehead atoms. The van der Waals surface area contributed by atoms with Crippen LogP contribution in [0.3, 0.4) is 0 Å². The van der Waals surface area contributed by atoms with Crippen LogP contribution in [-0.2, 0) is 4.79 Å². The summed E-state index contributed by atoms with van der Waals surface area (Å²) in [6.45, 7) is 1.80. The van der Waals surface area contributed by atoms with E-state index in [1.54, 1.807) is 0 Å². The zero-order valence-corrected chi connectivity index (χ0v) is 15.2. The number of likely N-dealkylation sites (tertiary alicyclic amines) is 1. The van der Waals surface area contributed by atoms with Crippen LogP contribution >= 0.6 is 23.1 Å². The van der Waals surface area contributed by atoms with E-state index in [1.165, 1.54) is 42.4 Å². The van der Waals surface area contributed by atoms with E-state index >= 15 is 0 Å². The summed E-state index contributed by atoms with van der Waals surface area (Å²) >= 11 is 2.96. The number of nitrogens with one attached hydrogen (secondary N) is 1. The van der Waals surface area contributed by atoms with Gasteiger partial charge in [-0.2, -0.15) is 0 Å². The second kappa shape index (κ2) is 9.03. The number of amides is 1. The van der Waals surface area contributed by atoms with Gasteiger partial charge in [0, 0.05) is 18.8 Å². The first-order valence-corrected chi connectivity index (χ1v) is 10.2. The van der Waals surface area contributed by atoms with Crippen molar-refractivity contribution in [1.29, 1.82) is 0 Å². The molecule has 0 aliphatic carbocycles. The fraction of sp³-hybridized carbons (Fsp3) is 0.471. The molecule has 2 heterocycles. The van der Waals surface area contributed by atoms with Gasteiger partial charge in [-0.1, -0.05) is 60.6 Å². The van der Waals surface area contributed by atoms with Gasteiger partial charge in [-0.05, 0) is 25.0 Å². The number of anilines is 2. The van der Waals surface area contributed by atoms with Crippen molar-refractivity contribution in [2.45, 2.75) is 36.4 Å². The molecule has 7 heteroatoms. The van der Waals surface area contributed by atoms with Gasteiger partial charge >= 0.3 is 0 Å². The molecule has 0 radical (unpaired) electrons. The standard InChI is InChI=1S/C17H22N4OS2/c22-15(21-11-7-2-1-3-8-12-21)13-23-17-20-19-16(24-17)18-14-9-5-4-6-10-14/h4-6,9-10H,1-3,7-8,11-13H2,(H,18,19). The number of nitrogens with zero attached hydrogens (tertiary/aromatic N) is 3. The molecule has 128 valence electrons. The van der Waals surface area contributed by atoms with E-state index in [2.05, 4.69) is 15.5 Å². The average molecular weight is 363 g/mol. The largest absolute Gasteiger partial charge is 0.342 e. The van der Waals surface area contributed by atoms with Crippen LogP contribution in [0.15, 0.2) is 34.7 Å². The SMILES string of the molecule is O=C(CSc1nnc(Nc2ccccc2)s1)N1CCCCCCC1. The van der Waals surface area contributed by atoms with Gasteiger partial charge in [-0.25, -0.2) is 0 Å². The van der Waals surface area contributed by atoms with E-state index in [0.717, 1.165) is 41.1 Å². The topological polar surface area (TPSA) is 58.1 Å². The average Bonchev–Trinajstić information content (AvgIpc) is 3.01.